The lowest BCUT2D eigenvalue weighted by Gasteiger charge is -2.06. The highest BCUT2D eigenvalue weighted by atomic mass is 16.5. The lowest BCUT2D eigenvalue weighted by atomic mass is 10.1. The van der Waals surface area contributed by atoms with Crippen molar-refractivity contribution in [1.29, 1.82) is 0 Å². The molecule has 0 radical (unpaired) electrons. The van der Waals surface area contributed by atoms with Gasteiger partial charge in [-0.25, -0.2) is 4.57 Å². The van der Waals surface area contributed by atoms with Crippen molar-refractivity contribution in [3.63, 3.8) is 0 Å². The average Bonchev–Trinajstić information content (AvgIpc) is 2.59. The van der Waals surface area contributed by atoms with E-state index in [1.165, 1.54) is 38.5 Å². The Labute approximate surface area is 141 Å². The largest absolute Gasteiger partial charge is 0.379 e. The van der Waals surface area contributed by atoms with E-state index in [2.05, 4.69) is 11.5 Å². The molecule has 4 heteroatoms. The van der Waals surface area contributed by atoms with Crippen LogP contribution in [0.3, 0.4) is 0 Å². The van der Waals surface area contributed by atoms with Crippen LogP contribution in [0.2, 0.25) is 0 Å². The molecule has 0 N–H and O–H groups in total. The summed E-state index contributed by atoms with van der Waals surface area (Å²) in [5, 5.41) is 0. The third-order valence-corrected chi connectivity index (χ3v) is 3.66. The molecular weight excluding hydrogens is 290 g/mol. The molecule has 0 aliphatic rings. The molecule has 1 aromatic rings. The minimum absolute atomic E-state index is 0.639. The molecule has 0 aliphatic carbocycles. The Balaban J connectivity index is 1.72. The molecule has 1 heterocycles. The summed E-state index contributed by atoms with van der Waals surface area (Å²) in [5.41, 5.74) is 0. The molecule has 0 atom stereocenters. The summed E-state index contributed by atoms with van der Waals surface area (Å²) in [7, 11) is 0. The van der Waals surface area contributed by atoms with Crippen molar-refractivity contribution in [3.05, 3.63) is 30.6 Å². The normalized spacial score (nSPS) is 11.0. The summed E-state index contributed by atoms with van der Waals surface area (Å²) >= 11 is 0. The molecule has 0 aromatic carbocycles. The molecule has 0 saturated carbocycles. The van der Waals surface area contributed by atoms with E-state index in [-0.39, 0.29) is 0 Å². The predicted octanol–water partition coefficient (Wildman–Crippen LogP) is 3.38. The van der Waals surface area contributed by atoms with Crippen LogP contribution in [-0.4, -0.2) is 39.6 Å². The van der Waals surface area contributed by atoms with E-state index in [1.54, 1.807) is 0 Å². The Bertz CT molecular complexity index is 346. The fraction of sp³-hybridized carbons (Fsp3) is 0.737. The Morgan fingerprint density at radius 1 is 0.609 bits per heavy atom. The summed E-state index contributed by atoms with van der Waals surface area (Å²) in [5.74, 6) is 0. The maximum Gasteiger partial charge on any atom is 0.171 e. The van der Waals surface area contributed by atoms with Crippen molar-refractivity contribution in [2.75, 3.05) is 39.6 Å². The zero-order chi connectivity index (χ0) is 16.4. The van der Waals surface area contributed by atoms with E-state index in [0.717, 1.165) is 13.2 Å². The van der Waals surface area contributed by atoms with Crippen molar-refractivity contribution in [2.24, 2.45) is 0 Å². The Kier molecular flexibility index (Phi) is 13.9. The molecule has 0 bridgehead atoms. The average molecular weight is 324 g/mol. The second-order valence-electron chi connectivity index (χ2n) is 5.72. The van der Waals surface area contributed by atoms with Crippen LogP contribution >= 0.6 is 0 Å². The number of pyridine rings is 1. The standard InChI is InChI=1S/C19H34NO3/c1-2-3-4-5-6-10-14-21-16-18-23-19-17-22-15-13-20-11-8-7-9-12-20/h7-9,11-12H,2-6,10,13-19H2,1H3/q+1. The van der Waals surface area contributed by atoms with Crippen molar-refractivity contribution >= 4 is 0 Å². The van der Waals surface area contributed by atoms with Crippen LogP contribution in [0.15, 0.2) is 30.6 Å². The highest BCUT2D eigenvalue weighted by Gasteiger charge is 1.97. The Hall–Kier alpha value is -0.970. The van der Waals surface area contributed by atoms with Gasteiger partial charge in [0.1, 0.15) is 6.61 Å². The summed E-state index contributed by atoms with van der Waals surface area (Å²) in [6.07, 6.45) is 11.9. The smallest absolute Gasteiger partial charge is 0.171 e. The lowest BCUT2D eigenvalue weighted by Crippen LogP contribution is -2.34. The first-order valence-corrected chi connectivity index (χ1v) is 9.11. The van der Waals surface area contributed by atoms with Crippen LogP contribution in [0, 0.1) is 0 Å². The summed E-state index contributed by atoms with van der Waals surface area (Å²) in [6.45, 7) is 7.33. The van der Waals surface area contributed by atoms with Crippen molar-refractivity contribution in [2.45, 2.75) is 52.0 Å². The molecule has 0 amide bonds. The number of nitrogens with zero attached hydrogens (tertiary/aromatic N) is 1. The fourth-order valence-corrected chi connectivity index (χ4v) is 2.28. The van der Waals surface area contributed by atoms with Crippen molar-refractivity contribution in [3.8, 4) is 0 Å². The first-order valence-electron chi connectivity index (χ1n) is 9.11. The fourth-order valence-electron chi connectivity index (χ4n) is 2.28. The number of ether oxygens (including phenoxy) is 3. The summed E-state index contributed by atoms with van der Waals surface area (Å²) in [4.78, 5) is 0. The number of hydrogen-bond donors (Lipinski definition) is 0. The lowest BCUT2D eigenvalue weighted by molar-refractivity contribution is -0.698. The van der Waals surface area contributed by atoms with E-state index in [4.69, 9.17) is 14.2 Å². The van der Waals surface area contributed by atoms with Gasteiger partial charge in [0, 0.05) is 18.7 Å². The van der Waals surface area contributed by atoms with Gasteiger partial charge in [-0.15, -0.1) is 0 Å². The van der Waals surface area contributed by atoms with Gasteiger partial charge in [0.2, 0.25) is 0 Å². The van der Waals surface area contributed by atoms with Crippen LogP contribution in [-0.2, 0) is 20.8 Å². The van der Waals surface area contributed by atoms with Crippen molar-refractivity contribution in [1.82, 2.24) is 0 Å². The molecule has 132 valence electrons. The van der Waals surface area contributed by atoms with Gasteiger partial charge in [0.15, 0.2) is 18.9 Å². The molecule has 0 aliphatic heterocycles. The highest BCUT2D eigenvalue weighted by molar-refractivity contribution is 4.83. The SMILES string of the molecule is CCCCCCCCOCCOCCOCC[n+]1ccccc1. The topological polar surface area (TPSA) is 31.6 Å². The van der Waals surface area contributed by atoms with E-state index >= 15 is 0 Å². The molecular formula is C19H34NO3+. The number of unbranched alkanes of at least 4 members (excludes halogenated alkanes) is 5. The number of hydrogen-bond acceptors (Lipinski definition) is 3. The molecule has 4 nitrogen and oxygen atoms in total. The Morgan fingerprint density at radius 2 is 1.17 bits per heavy atom. The van der Waals surface area contributed by atoms with Crippen molar-refractivity contribution < 1.29 is 18.8 Å². The number of aromatic nitrogens is 1. The van der Waals surface area contributed by atoms with E-state index in [0.29, 0.717) is 33.0 Å². The molecule has 0 fully saturated rings. The zero-order valence-electron chi connectivity index (χ0n) is 14.8. The predicted molar refractivity (Wildman–Crippen MR) is 92.5 cm³/mol. The third-order valence-electron chi connectivity index (χ3n) is 3.66. The summed E-state index contributed by atoms with van der Waals surface area (Å²) < 4.78 is 18.7. The van der Waals surface area contributed by atoms with E-state index in [9.17, 15) is 0 Å². The minimum Gasteiger partial charge on any atom is -0.379 e. The molecule has 0 unspecified atom stereocenters. The second kappa shape index (κ2) is 15.9. The third kappa shape index (κ3) is 13.2. The van der Waals surface area contributed by atoms with Gasteiger partial charge in [0.05, 0.1) is 26.4 Å². The van der Waals surface area contributed by atoms with Gasteiger partial charge in [-0.2, -0.15) is 0 Å². The van der Waals surface area contributed by atoms with Crippen LogP contribution in [0.1, 0.15) is 45.4 Å². The minimum atomic E-state index is 0.639. The van der Waals surface area contributed by atoms with Gasteiger partial charge in [-0.3, -0.25) is 0 Å². The van der Waals surface area contributed by atoms with Crippen LogP contribution in [0.4, 0.5) is 0 Å². The molecule has 0 saturated heterocycles. The first kappa shape index (κ1) is 20.1. The Morgan fingerprint density at radius 3 is 1.87 bits per heavy atom. The van der Waals surface area contributed by atoms with Gasteiger partial charge in [-0.1, -0.05) is 45.1 Å². The van der Waals surface area contributed by atoms with Gasteiger partial charge in [0.25, 0.3) is 0 Å². The molecule has 23 heavy (non-hydrogen) atoms. The highest BCUT2D eigenvalue weighted by Crippen LogP contribution is 2.04. The van der Waals surface area contributed by atoms with Crippen LogP contribution in [0.5, 0.6) is 0 Å². The first-order chi connectivity index (χ1) is 11.4. The van der Waals surface area contributed by atoms with Gasteiger partial charge < -0.3 is 14.2 Å². The maximum absolute atomic E-state index is 5.56. The van der Waals surface area contributed by atoms with E-state index in [1.807, 2.05) is 30.6 Å². The maximum atomic E-state index is 5.56. The number of rotatable bonds is 16. The molecule has 1 rings (SSSR count). The quantitative estimate of drug-likeness (QED) is 0.345. The monoisotopic (exact) mass is 324 g/mol. The van der Waals surface area contributed by atoms with Crippen LogP contribution < -0.4 is 4.57 Å². The van der Waals surface area contributed by atoms with Crippen LogP contribution in [0.25, 0.3) is 0 Å². The molecule has 0 spiro atoms. The zero-order valence-corrected chi connectivity index (χ0v) is 14.8. The summed E-state index contributed by atoms with van der Waals surface area (Å²) in [6, 6.07) is 6.06. The molecule has 1 aromatic heterocycles. The van der Waals surface area contributed by atoms with Gasteiger partial charge in [-0.05, 0) is 6.42 Å². The van der Waals surface area contributed by atoms with E-state index < -0.39 is 0 Å². The second-order valence-corrected chi connectivity index (χ2v) is 5.72. The van der Waals surface area contributed by atoms with Gasteiger partial charge >= 0.3 is 0 Å².